The molecule has 0 fully saturated rings. The number of nitrogens with zero attached hydrogens (tertiary/aromatic N) is 5. The second-order valence-corrected chi connectivity index (χ2v) is 6.44. The number of carboxylic acid groups (broad SMARTS) is 1. The first-order chi connectivity index (χ1) is 14.8. The van der Waals surface area contributed by atoms with Crippen molar-refractivity contribution < 1.29 is 24.9 Å². The summed E-state index contributed by atoms with van der Waals surface area (Å²) in [5.74, 6) is -0.872. The Kier molecular flexibility index (Phi) is 8.09. The van der Waals surface area contributed by atoms with Crippen molar-refractivity contribution in [1.29, 1.82) is 0 Å². The molecule has 0 unspecified atom stereocenters. The van der Waals surface area contributed by atoms with E-state index in [1.165, 1.54) is 0 Å². The highest BCUT2D eigenvalue weighted by Gasteiger charge is 2.19. The molecule has 0 heterocycles. The zero-order chi connectivity index (χ0) is 23.0. The summed E-state index contributed by atoms with van der Waals surface area (Å²) in [5, 5.41) is 48.3. The van der Waals surface area contributed by atoms with Crippen LogP contribution in [0.5, 0.6) is 0 Å². The van der Waals surface area contributed by atoms with Crippen LogP contribution in [0.3, 0.4) is 0 Å². The molecule has 0 amide bonds. The van der Waals surface area contributed by atoms with E-state index in [4.69, 9.17) is 5.11 Å². The van der Waals surface area contributed by atoms with Crippen molar-refractivity contribution in [2.24, 2.45) is 10.2 Å². The molecule has 0 aliphatic carbocycles. The number of anilines is 1. The quantitative estimate of drug-likeness (QED) is 0.304. The lowest BCUT2D eigenvalue weighted by atomic mass is 10.1. The van der Waals surface area contributed by atoms with Crippen molar-refractivity contribution in [2.45, 2.75) is 26.4 Å². The zero-order valence-electron chi connectivity index (χ0n) is 16.7. The van der Waals surface area contributed by atoms with Gasteiger partial charge < -0.3 is 15.1 Å². The molecule has 0 radical (unpaired) electrons. The number of rotatable bonds is 11. The van der Waals surface area contributed by atoms with E-state index in [0.29, 0.717) is 25.1 Å². The number of carbonyl (C=O) groups is 1. The van der Waals surface area contributed by atoms with Crippen LogP contribution in [0.25, 0.3) is 0 Å². The van der Waals surface area contributed by atoms with Crippen LogP contribution in [0.1, 0.15) is 25.3 Å². The van der Waals surface area contributed by atoms with Gasteiger partial charge in [-0.3, -0.25) is 25.0 Å². The molecule has 12 heteroatoms. The maximum atomic E-state index is 11.2. The second-order valence-electron chi connectivity index (χ2n) is 6.44. The van der Waals surface area contributed by atoms with Crippen molar-refractivity contribution in [3.8, 4) is 0 Å². The molecule has 0 aliphatic heterocycles. The Morgan fingerprint density at radius 3 is 2.32 bits per heavy atom. The van der Waals surface area contributed by atoms with Gasteiger partial charge in [0.15, 0.2) is 5.69 Å². The highest BCUT2D eigenvalue weighted by atomic mass is 16.6. The minimum atomic E-state index is -0.872. The van der Waals surface area contributed by atoms with E-state index in [1.807, 2.05) is 11.8 Å². The second kappa shape index (κ2) is 10.7. The Hall–Kier alpha value is -3.93. The smallest absolute Gasteiger partial charge is 0.303 e. The van der Waals surface area contributed by atoms with Crippen LogP contribution in [-0.4, -0.2) is 39.1 Å². The molecule has 2 aromatic carbocycles. The number of azo groups is 1. The molecule has 0 spiro atoms. The Labute approximate surface area is 176 Å². The Morgan fingerprint density at radius 1 is 1.06 bits per heavy atom. The largest absolute Gasteiger partial charge is 0.481 e. The molecule has 0 saturated heterocycles. The predicted molar refractivity (Wildman–Crippen MR) is 111 cm³/mol. The lowest BCUT2D eigenvalue weighted by Crippen LogP contribution is -2.24. The summed E-state index contributed by atoms with van der Waals surface area (Å²) in [4.78, 5) is 33.2. The topological polar surface area (TPSA) is 172 Å². The molecule has 0 bridgehead atoms. The molecule has 31 heavy (non-hydrogen) atoms. The summed E-state index contributed by atoms with van der Waals surface area (Å²) in [6, 6.07) is 8.02. The molecule has 0 aromatic heterocycles. The Morgan fingerprint density at radius 2 is 1.74 bits per heavy atom. The average molecular weight is 431 g/mol. The summed E-state index contributed by atoms with van der Waals surface area (Å²) in [5.41, 5.74) is 0.303. The molecule has 0 aliphatic rings. The molecular formula is C19H21N5O7. The fourth-order valence-electron chi connectivity index (χ4n) is 2.85. The summed E-state index contributed by atoms with van der Waals surface area (Å²) < 4.78 is 0. The van der Waals surface area contributed by atoms with Gasteiger partial charge in [0.05, 0.1) is 28.2 Å². The molecule has 0 atom stereocenters. The van der Waals surface area contributed by atoms with Crippen molar-refractivity contribution in [3.05, 3.63) is 62.2 Å². The molecule has 0 saturated carbocycles. The van der Waals surface area contributed by atoms with Crippen LogP contribution in [-0.2, 0) is 11.4 Å². The lowest BCUT2D eigenvalue weighted by molar-refractivity contribution is -0.393. The number of carboxylic acids is 1. The van der Waals surface area contributed by atoms with Gasteiger partial charge in [-0.1, -0.05) is 0 Å². The standard InChI is InChI=1S/C19H21N5O7/c1-2-22(9-3-4-19(26)27)14-5-7-16(13(10-14)12-25)20-21-17-8-6-15(23(28)29)11-18(17)24(30)31/h5-8,10-11,25H,2-4,9,12H2,1H3,(H,26,27). The van der Waals surface area contributed by atoms with Crippen LogP contribution in [0, 0.1) is 20.2 Å². The number of hydrogen-bond donors (Lipinski definition) is 2. The fraction of sp³-hybridized carbons (Fsp3) is 0.316. The van der Waals surface area contributed by atoms with Gasteiger partial charge in [-0.25, -0.2) is 0 Å². The van der Waals surface area contributed by atoms with E-state index in [0.717, 1.165) is 23.9 Å². The van der Waals surface area contributed by atoms with Crippen molar-refractivity contribution in [3.63, 3.8) is 0 Å². The van der Waals surface area contributed by atoms with E-state index >= 15 is 0 Å². The predicted octanol–water partition coefficient (Wildman–Crippen LogP) is 4.10. The van der Waals surface area contributed by atoms with Gasteiger partial charge >= 0.3 is 11.7 Å². The van der Waals surface area contributed by atoms with Gasteiger partial charge in [-0.15, -0.1) is 10.2 Å². The van der Waals surface area contributed by atoms with E-state index in [2.05, 4.69) is 10.2 Å². The number of non-ortho nitro benzene ring substituents is 1. The molecule has 12 nitrogen and oxygen atoms in total. The molecule has 2 N–H and O–H groups in total. The zero-order valence-corrected chi connectivity index (χ0v) is 16.7. The summed E-state index contributed by atoms with van der Waals surface area (Å²) >= 11 is 0. The van der Waals surface area contributed by atoms with Gasteiger partial charge in [-0.05, 0) is 37.6 Å². The fourth-order valence-corrected chi connectivity index (χ4v) is 2.85. The first-order valence-electron chi connectivity index (χ1n) is 9.32. The highest BCUT2D eigenvalue weighted by Crippen LogP contribution is 2.33. The monoisotopic (exact) mass is 431 g/mol. The third-order valence-electron chi connectivity index (χ3n) is 4.43. The van der Waals surface area contributed by atoms with E-state index in [-0.39, 0.29) is 24.4 Å². The van der Waals surface area contributed by atoms with E-state index < -0.39 is 27.2 Å². The van der Waals surface area contributed by atoms with Crippen LogP contribution >= 0.6 is 0 Å². The highest BCUT2D eigenvalue weighted by molar-refractivity contribution is 5.67. The van der Waals surface area contributed by atoms with Crippen LogP contribution in [0.4, 0.5) is 28.4 Å². The van der Waals surface area contributed by atoms with Gasteiger partial charge in [0, 0.05) is 36.8 Å². The minimum Gasteiger partial charge on any atom is -0.481 e. The van der Waals surface area contributed by atoms with Gasteiger partial charge in [0.2, 0.25) is 0 Å². The van der Waals surface area contributed by atoms with Gasteiger partial charge in [0.25, 0.3) is 5.69 Å². The number of aliphatic hydroxyl groups excluding tert-OH is 1. The average Bonchev–Trinajstić information content (AvgIpc) is 2.74. The van der Waals surface area contributed by atoms with Crippen molar-refractivity contribution in [1.82, 2.24) is 0 Å². The maximum Gasteiger partial charge on any atom is 0.303 e. The summed E-state index contributed by atoms with van der Waals surface area (Å²) in [6.45, 7) is 2.70. The molecular weight excluding hydrogens is 410 g/mol. The first-order valence-corrected chi connectivity index (χ1v) is 9.32. The Balaban J connectivity index is 2.29. The number of nitro groups is 2. The number of benzene rings is 2. The SMILES string of the molecule is CCN(CCCC(=O)O)c1ccc(N=Nc2ccc([N+](=O)[O-])cc2[N+](=O)[O-])c(CO)c1. The Bertz CT molecular complexity index is 1010. The normalized spacial score (nSPS) is 10.9. The van der Waals surface area contributed by atoms with Gasteiger partial charge in [-0.2, -0.15) is 0 Å². The first kappa shape index (κ1) is 23.3. The van der Waals surface area contributed by atoms with Crippen LogP contribution in [0.15, 0.2) is 46.6 Å². The summed E-state index contributed by atoms with van der Waals surface area (Å²) in [7, 11) is 0. The van der Waals surface area contributed by atoms with Gasteiger partial charge in [0.1, 0.15) is 0 Å². The number of nitro benzene ring substituents is 2. The molecule has 2 rings (SSSR count). The lowest BCUT2D eigenvalue weighted by Gasteiger charge is -2.23. The number of hydrogen-bond acceptors (Lipinski definition) is 9. The third-order valence-corrected chi connectivity index (χ3v) is 4.43. The number of aliphatic hydroxyl groups is 1. The van der Waals surface area contributed by atoms with Crippen molar-refractivity contribution >= 4 is 34.4 Å². The minimum absolute atomic E-state index is 0.0453. The van der Waals surface area contributed by atoms with E-state index in [1.54, 1.807) is 18.2 Å². The third kappa shape index (κ3) is 6.27. The maximum absolute atomic E-state index is 11.2. The van der Waals surface area contributed by atoms with Crippen LogP contribution in [0.2, 0.25) is 0 Å². The van der Waals surface area contributed by atoms with E-state index in [9.17, 15) is 30.1 Å². The number of aliphatic carboxylic acids is 1. The molecule has 2 aromatic rings. The summed E-state index contributed by atoms with van der Waals surface area (Å²) in [6.07, 6.45) is 0.507. The van der Waals surface area contributed by atoms with Crippen LogP contribution < -0.4 is 4.90 Å². The molecule has 164 valence electrons. The van der Waals surface area contributed by atoms with Crippen molar-refractivity contribution in [2.75, 3.05) is 18.0 Å².